The standard InChI is InChI=1S/C9H17NO3/c10-9(4-2-1-3-5-9)7-13-6-8(11)12/h1-7,10H2,(H,11,12)/p+1. The van der Waals surface area contributed by atoms with E-state index < -0.39 is 5.97 Å². The molecule has 0 spiro atoms. The van der Waals surface area contributed by atoms with Gasteiger partial charge < -0.3 is 15.6 Å². The molecule has 0 unspecified atom stereocenters. The Morgan fingerprint density at radius 2 is 2.00 bits per heavy atom. The normalized spacial score (nSPS) is 21.3. The Labute approximate surface area is 78.1 Å². The first-order chi connectivity index (χ1) is 6.12. The zero-order valence-electron chi connectivity index (χ0n) is 7.92. The number of carboxylic acids is 1. The van der Waals surface area contributed by atoms with Crippen molar-refractivity contribution in [3.05, 3.63) is 0 Å². The molecule has 4 heteroatoms. The van der Waals surface area contributed by atoms with Crippen molar-refractivity contribution >= 4 is 5.97 Å². The molecule has 0 aromatic rings. The zero-order chi connectivity index (χ0) is 9.73. The third-order valence-electron chi connectivity index (χ3n) is 2.55. The first-order valence-corrected chi connectivity index (χ1v) is 4.77. The molecule has 0 bridgehead atoms. The molecule has 4 N–H and O–H groups in total. The summed E-state index contributed by atoms with van der Waals surface area (Å²) in [5.74, 6) is -0.903. The van der Waals surface area contributed by atoms with E-state index in [-0.39, 0.29) is 12.1 Å². The lowest BCUT2D eigenvalue weighted by atomic mass is 9.83. The fourth-order valence-corrected chi connectivity index (χ4v) is 1.80. The maximum atomic E-state index is 10.2. The predicted octanol–water partition coefficient (Wildman–Crippen LogP) is 0.0324. The van der Waals surface area contributed by atoms with E-state index in [0.717, 1.165) is 12.8 Å². The average Bonchev–Trinajstić information content (AvgIpc) is 2.04. The van der Waals surface area contributed by atoms with Gasteiger partial charge in [-0.15, -0.1) is 0 Å². The number of hydrogen-bond donors (Lipinski definition) is 2. The van der Waals surface area contributed by atoms with Crippen molar-refractivity contribution in [2.75, 3.05) is 13.2 Å². The SMILES string of the molecule is [NH3+]C1(COCC(=O)O)CCCCC1. The molecule has 1 fully saturated rings. The molecule has 0 aliphatic heterocycles. The highest BCUT2D eigenvalue weighted by Crippen LogP contribution is 2.24. The van der Waals surface area contributed by atoms with E-state index in [1.54, 1.807) is 0 Å². The molecular weight excluding hydrogens is 170 g/mol. The Balaban J connectivity index is 2.21. The van der Waals surface area contributed by atoms with Crippen molar-refractivity contribution in [3.8, 4) is 0 Å². The van der Waals surface area contributed by atoms with Crippen molar-refractivity contribution < 1.29 is 20.4 Å². The van der Waals surface area contributed by atoms with Gasteiger partial charge in [0.1, 0.15) is 18.8 Å². The van der Waals surface area contributed by atoms with E-state index in [1.165, 1.54) is 19.3 Å². The second-order valence-corrected chi connectivity index (χ2v) is 3.95. The van der Waals surface area contributed by atoms with Crippen LogP contribution in [0.1, 0.15) is 32.1 Å². The highest BCUT2D eigenvalue weighted by atomic mass is 16.5. The molecule has 0 saturated heterocycles. The zero-order valence-corrected chi connectivity index (χ0v) is 7.92. The van der Waals surface area contributed by atoms with Crippen LogP contribution in [-0.4, -0.2) is 29.8 Å². The fraction of sp³-hybridized carbons (Fsp3) is 0.889. The van der Waals surface area contributed by atoms with Gasteiger partial charge in [-0.2, -0.15) is 0 Å². The van der Waals surface area contributed by atoms with Gasteiger partial charge in [0, 0.05) is 12.8 Å². The Morgan fingerprint density at radius 1 is 1.38 bits per heavy atom. The van der Waals surface area contributed by atoms with Crippen molar-refractivity contribution in [2.24, 2.45) is 0 Å². The molecule has 0 radical (unpaired) electrons. The van der Waals surface area contributed by atoms with E-state index in [9.17, 15) is 4.79 Å². The number of ether oxygens (including phenoxy) is 1. The summed E-state index contributed by atoms with van der Waals surface area (Å²) in [7, 11) is 0. The number of hydrogen-bond acceptors (Lipinski definition) is 2. The Bertz CT molecular complexity index is 176. The number of aliphatic carboxylic acids is 1. The van der Waals surface area contributed by atoms with E-state index in [0.29, 0.717) is 6.61 Å². The minimum absolute atomic E-state index is 0.0201. The maximum absolute atomic E-state index is 10.2. The van der Waals surface area contributed by atoms with Gasteiger partial charge in [0.25, 0.3) is 0 Å². The van der Waals surface area contributed by atoms with Crippen molar-refractivity contribution in [3.63, 3.8) is 0 Å². The van der Waals surface area contributed by atoms with Crippen LogP contribution in [0.4, 0.5) is 0 Å². The number of carbonyl (C=O) groups is 1. The van der Waals surface area contributed by atoms with Crippen molar-refractivity contribution in [1.29, 1.82) is 0 Å². The average molecular weight is 188 g/mol. The Kier molecular flexibility index (Phi) is 3.69. The van der Waals surface area contributed by atoms with Gasteiger partial charge in [0.15, 0.2) is 0 Å². The minimum Gasteiger partial charge on any atom is -0.480 e. The molecule has 0 atom stereocenters. The molecule has 1 saturated carbocycles. The first kappa shape index (κ1) is 10.5. The van der Waals surface area contributed by atoms with Gasteiger partial charge in [-0.25, -0.2) is 4.79 Å². The second kappa shape index (κ2) is 4.58. The number of carboxylic acid groups (broad SMARTS) is 1. The molecule has 0 aromatic heterocycles. The van der Waals surface area contributed by atoms with Crippen molar-refractivity contribution in [1.82, 2.24) is 0 Å². The van der Waals surface area contributed by atoms with E-state index in [2.05, 4.69) is 5.73 Å². The van der Waals surface area contributed by atoms with E-state index in [4.69, 9.17) is 9.84 Å². The summed E-state index contributed by atoms with van der Waals surface area (Å²) in [6, 6.07) is 0. The third kappa shape index (κ3) is 3.74. The summed E-state index contributed by atoms with van der Waals surface area (Å²) in [5, 5.41) is 8.38. The van der Waals surface area contributed by atoms with Crippen LogP contribution in [-0.2, 0) is 9.53 Å². The highest BCUT2D eigenvalue weighted by Gasteiger charge is 2.31. The lowest BCUT2D eigenvalue weighted by Crippen LogP contribution is -2.75. The lowest BCUT2D eigenvalue weighted by Gasteiger charge is -2.29. The summed E-state index contributed by atoms with van der Waals surface area (Å²) in [6.07, 6.45) is 5.79. The number of quaternary nitrogens is 1. The predicted molar refractivity (Wildman–Crippen MR) is 47.2 cm³/mol. The molecule has 1 aliphatic carbocycles. The van der Waals surface area contributed by atoms with Crippen LogP contribution in [0.3, 0.4) is 0 Å². The first-order valence-electron chi connectivity index (χ1n) is 4.77. The Morgan fingerprint density at radius 3 is 2.54 bits per heavy atom. The maximum Gasteiger partial charge on any atom is 0.329 e. The highest BCUT2D eigenvalue weighted by molar-refractivity contribution is 5.67. The lowest BCUT2D eigenvalue weighted by molar-refractivity contribution is -0.491. The molecule has 1 aliphatic rings. The topological polar surface area (TPSA) is 74.2 Å². The largest absolute Gasteiger partial charge is 0.480 e. The van der Waals surface area contributed by atoms with Gasteiger partial charge >= 0.3 is 5.97 Å². The van der Waals surface area contributed by atoms with Crippen LogP contribution >= 0.6 is 0 Å². The molecule has 1 rings (SSSR count). The van der Waals surface area contributed by atoms with Gasteiger partial charge in [-0.05, 0) is 12.8 Å². The van der Waals surface area contributed by atoms with E-state index in [1.807, 2.05) is 0 Å². The van der Waals surface area contributed by atoms with Gasteiger partial charge in [0.05, 0.1) is 0 Å². The molecule has 0 aromatic carbocycles. The quantitative estimate of drug-likeness (QED) is 0.653. The smallest absolute Gasteiger partial charge is 0.329 e. The minimum atomic E-state index is -0.903. The summed E-state index contributed by atoms with van der Waals surface area (Å²) < 4.78 is 5.08. The summed E-state index contributed by atoms with van der Waals surface area (Å²) in [6.45, 7) is 0.288. The van der Waals surface area contributed by atoms with Crippen molar-refractivity contribution in [2.45, 2.75) is 37.6 Å². The third-order valence-corrected chi connectivity index (χ3v) is 2.55. The van der Waals surface area contributed by atoms with Gasteiger partial charge in [-0.3, -0.25) is 0 Å². The molecule has 0 amide bonds. The van der Waals surface area contributed by atoms with Crippen LogP contribution in [0.2, 0.25) is 0 Å². The number of rotatable bonds is 4. The second-order valence-electron chi connectivity index (χ2n) is 3.95. The van der Waals surface area contributed by atoms with Crippen LogP contribution in [0.5, 0.6) is 0 Å². The Hall–Kier alpha value is -0.610. The van der Waals surface area contributed by atoms with Gasteiger partial charge in [0.2, 0.25) is 0 Å². The summed E-state index contributed by atoms with van der Waals surface area (Å²) >= 11 is 0. The van der Waals surface area contributed by atoms with Crippen LogP contribution < -0.4 is 5.73 Å². The van der Waals surface area contributed by atoms with Crippen LogP contribution in [0.25, 0.3) is 0 Å². The molecule has 0 heterocycles. The molecule has 13 heavy (non-hydrogen) atoms. The van der Waals surface area contributed by atoms with Crippen LogP contribution in [0, 0.1) is 0 Å². The fourth-order valence-electron chi connectivity index (χ4n) is 1.80. The van der Waals surface area contributed by atoms with Gasteiger partial charge in [-0.1, -0.05) is 6.42 Å². The van der Waals surface area contributed by atoms with E-state index >= 15 is 0 Å². The molecular formula is C9H18NO3+. The van der Waals surface area contributed by atoms with Crippen LogP contribution in [0.15, 0.2) is 0 Å². The molecule has 4 nitrogen and oxygen atoms in total. The monoisotopic (exact) mass is 188 g/mol. The summed E-state index contributed by atoms with van der Waals surface area (Å²) in [5.41, 5.74) is 4.09. The summed E-state index contributed by atoms with van der Waals surface area (Å²) in [4.78, 5) is 10.2. The molecule has 76 valence electrons.